The first-order valence-corrected chi connectivity index (χ1v) is 14.4. The van der Waals surface area contributed by atoms with Crippen LogP contribution in [-0.2, 0) is 21.6 Å². The minimum atomic E-state index is -3.61. The second-order valence-electron chi connectivity index (χ2n) is 10.7. The molecule has 0 saturated carbocycles. The molecule has 0 aliphatic carbocycles. The van der Waals surface area contributed by atoms with E-state index in [0.717, 1.165) is 30.9 Å². The first-order valence-electron chi connectivity index (χ1n) is 12.5. The molecule has 1 aromatic carbocycles. The van der Waals surface area contributed by atoms with Crippen molar-refractivity contribution in [3.63, 3.8) is 0 Å². The van der Waals surface area contributed by atoms with Crippen LogP contribution in [0.2, 0.25) is 0 Å². The first kappa shape index (κ1) is 27.4. The molecule has 1 amide bonds. The number of aromatic nitrogens is 3. The Kier molecular flexibility index (Phi) is 7.65. The van der Waals surface area contributed by atoms with Crippen LogP contribution in [0.15, 0.2) is 35.4 Å². The van der Waals surface area contributed by atoms with Crippen LogP contribution in [0.25, 0.3) is 22.3 Å². The number of hydrogen-bond donors (Lipinski definition) is 0. The molecule has 202 valence electrons. The number of carbonyl (C=O) groups is 1. The Labute approximate surface area is 223 Å². The van der Waals surface area contributed by atoms with E-state index >= 15 is 0 Å². The Balaban J connectivity index is 1.46. The van der Waals surface area contributed by atoms with Gasteiger partial charge in [-0.1, -0.05) is 0 Å². The van der Waals surface area contributed by atoms with Crippen LogP contribution in [0, 0.1) is 17.2 Å². The average molecular weight is 540 g/mol. The molecule has 0 N–H and O–H groups in total. The molecule has 0 unspecified atom stereocenters. The maximum Gasteiger partial charge on any atom is 0.410 e. The molecular weight excluding hydrogens is 506 g/mol. The molecule has 3 aromatic rings. The van der Waals surface area contributed by atoms with Crippen LogP contribution in [0.1, 0.15) is 45.9 Å². The van der Waals surface area contributed by atoms with E-state index in [9.17, 15) is 18.5 Å². The Morgan fingerprint density at radius 3 is 2.53 bits per heavy atom. The number of nitrogens with zero attached hydrogens (tertiary/aromatic N) is 5. The summed E-state index contributed by atoms with van der Waals surface area (Å²) in [6.07, 6.45) is 5.09. The molecule has 1 aliphatic rings. The lowest BCUT2D eigenvalue weighted by Gasteiger charge is -2.33. The lowest BCUT2D eigenvalue weighted by atomic mass is 9.94. The number of aryl methyl sites for hydroxylation is 1. The molecule has 38 heavy (non-hydrogen) atoms. The minimum absolute atomic E-state index is 0.00764. The monoisotopic (exact) mass is 539 g/mol. The second-order valence-corrected chi connectivity index (χ2v) is 12.6. The molecule has 1 fully saturated rings. The zero-order valence-corrected chi connectivity index (χ0v) is 23.2. The van der Waals surface area contributed by atoms with Gasteiger partial charge < -0.3 is 18.9 Å². The summed E-state index contributed by atoms with van der Waals surface area (Å²) < 4.78 is 38.5. The van der Waals surface area contributed by atoms with E-state index in [1.807, 2.05) is 46.2 Å². The highest BCUT2D eigenvalue weighted by atomic mass is 32.2. The number of likely N-dealkylation sites (tertiary alicyclic amines) is 1. The largest absolute Gasteiger partial charge is 0.492 e. The van der Waals surface area contributed by atoms with E-state index in [2.05, 4.69) is 9.97 Å². The van der Waals surface area contributed by atoms with E-state index in [0.29, 0.717) is 42.5 Å². The van der Waals surface area contributed by atoms with E-state index in [1.165, 1.54) is 0 Å². The molecule has 0 bridgehead atoms. The number of rotatable bonds is 6. The van der Waals surface area contributed by atoms with E-state index in [1.54, 1.807) is 27.7 Å². The molecule has 0 spiro atoms. The summed E-state index contributed by atoms with van der Waals surface area (Å²) in [5.41, 5.74) is 1.11. The Hall–Kier alpha value is -3.65. The molecular formula is C27H33N5O5S. The number of carbonyl (C=O) groups excluding carboxylic acids is 1. The van der Waals surface area contributed by atoms with Crippen molar-refractivity contribution < 1.29 is 22.7 Å². The zero-order valence-electron chi connectivity index (χ0n) is 22.4. The lowest BCUT2D eigenvalue weighted by molar-refractivity contribution is 0.0177. The first-order chi connectivity index (χ1) is 17.9. The highest BCUT2D eigenvalue weighted by Crippen LogP contribution is 2.33. The SMILES string of the molecule is Cn1ccc2c(-c3ccc(OCCC4CCN(C(=O)OC(C)(C)C)CC4)c(S(C)(=O)=O)c3)nc(C#N)nc21. The van der Waals surface area contributed by atoms with Crippen molar-refractivity contribution >= 4 is 27.0 Å². The summed E-state index contributed by atoms with van der Waals surface area (Å²) in [5.74, 6) is 0.654. The summed E-state index contributed by atoms with van der Waals surface area (Å²) in [7, 11) is -1.79. The molecule has 0 atom stereocenters. The maximum atomic E-state index is 12.7. The van der Waals surface area contributed by atoms with Crippen molar-refractivity contribution in [1.29, 1.82) is 5.26 Å². The number of benzene rings is 1. The van der Waals surface area contributed by atoms with E-state index in [4.69, 9.17) is 9.47 Å². The molecule has 1 aliphatic heterocycles. The molecule has 3 heterocycles. The van der Waals surface area contributed by atoms with Crippen LogP contribution in [0.5, 0.6) is 5.75 Å². The van der Waals surface area contributed by atoms with Crippen LogP contribution in [0.4, 0.5) is 4.79 Å². The summed E-state index contributed by atoms with van der Waals surface area (Å²) >= 11 is 0. The number of nitriles is 1. The van der Waals surface area contributed by atoms with Gasteiger partial charge in [-0.2, -0.15) is 5.26 Å². The molecule has 11 heteroatoms. The summed E-state index contributed by atoms with van der Waals surface area (Å²) in [6, 6.07) is 8.74. The highest BCUT2D eigenvalue weighted by molar-refractivity contribution is 7.90. The summed E-state index contributed by atoms with van der Waals surface area (Å²) in [4.78, 5) is 22.7. The molecule has 0 radical (unpaired) electrons. The van der Waals surface area contributed by atoms with Gasteiger partial charge in [0, 0.05) is 43.5 Å². The second kappa shape index (κ2) is 10.6. The Bertz CT molecular complexity index is 1490. The van der Waals surface area contributed by atoms with E-state index < -0.39 is 15.4 Å². The van der Waals surface area contributed by atoms with Gasteiger partial charge in [0.05, 0.1) is 12.3 Å². The molecule has 1 saturated heterocycles. The van der Waals surface area contributed by atoms with Gasteiger partial charge in [0.2, 0.25) is 5.82 Å². The van der Waals surface area contributed by atoms with Gasteiger partial charge in [-0.05, 0) is 70.2 Å². The van der Waals surface area contributed by atoms with Gasteiger partial charge in [0.1, 0.15) is 28.0 Å². The van der Waals surface area contributed by atoms with Crippen LogP contribution in [0.3, 0.4) is 0 Å². The number of piperidine rings is 1. The fourth-order valence-corrected chi connectivity index (χ4v) is 5.37. The number of ether oxygens (including phenoxy) is 2. The van der Waals surface area contributed by atoms with Gasteiger partial charge >= 0.3 is 6.09 Å². The van der Waals surface area contributed by atoms with Crippen molar-refractivity contribution in [3.8, 4) is 23.1 Å². The average Bonchev–Trinajstić information content (AvgIpc) is 3.23. The van der Waals surface area contributed by atoms with Gasteiger partial charge in [-0.25, -0.2) is 23.2 Å². The fraction of sp³-hybridized carbons (Fsp3) is 0.481. The van der Waals surface area contributed by atoms with Gasteiger partial charge in [-0.3, -0.25) is 0 Å². The fourth-order valence-electron chi connectivity index (χ4n) is 4.54. The third-order valence-electron chi connectivity index (χ3n) is 6.49. The number of hydrogen-bond acceptors (Lipinski definition) is 8. The maximum absolute atomic E-state index is 12.7. The summed E-state index contributed by atoms with van der Waals surface area (Å²) in [5, 5.41) is 10.1. The van der Waals surface area contributed by atoms with Crippen molar-refractivity contribution in [2.75, 3.05) is 26.0 Å². The lowest BCUT2D eigenvalue weighted by Crippen LogP contribution is -2.41. The summed E-state index contributed by atoms with van der Waals surface area (Å²) in [6.45, 7) is 7.16. The van der Waals surface area contributed by atoms with Crippen LogP contribution >= 0.6 is 0 Å². The Morgan fingerprint density at radius 2 is 1.89 bits per heavy atom. The standard InChI is InChI=1S/C27H33N5O5S/c1-27(2,3)37-26(33)32-13-8-18(9-14-32)11-15-36-21-7-6-19(16-22(21)38(5,34)35)24-20-10-12-31(4)25(20)30-23(17-28)29-24/h6-7,10,12,16,18H,8-9,11,13-15H2,1-5H3. The Morgan fingerprint density at radius 1 is 1.18 bits per heavy atom. The number of fused-ring (bicyclic) bond motifs is 1. The van der Waals surface area contributed by atoms with Crippen LogP contribution in [-0.4, -0.2) is 65.5 Å². The van der Waals surface area contributed by atoms with Crippen molar-refractivity contribution in [2.45, 2.75) is 50.5 Å². The number of sulfone groups is 1. The van der Waals surface area contributed by atoms with Crippen molar-refractivity contribution in [2.24, 2.45) is 13.0 Å². The number of amides is 1. The topological polar surface area (TPSA) is 127 Å². The van der Waals surface area contributed by atoms with Gasteiger partial charge in [-0.15, -0.1) is 0 Å². The molecule has 10 nitrogen and oxygen atoms in total. The van der Waals surface area contributed by atoms with Gasteiger partial charge in [0.25, 0.3) is 0 Å². The smallest absolute Gasteiger partial charge is 0.410 e. The van der Waals surface area contributed by atoms with Crippen molar-refractivity contribution in [1.82, 2.24) is 19.4 Å². The van der Waals surface area contributed by atoms with Crippen LogP contribution < -0.4 is 4.74 Å². The van der Waals surface area contributed by atoms with Gasteiger partial charge in [0.15, 0.2) is 9.84 Å². The predicted molar refractivity (Wildman–Crippen MR) is 142 cm³/mol. The molecule has 4 rings (SSSR count). The molecule has 2 aromatic heterocycles. The quantitative estimate of drug-likeness (QED) is 0.453. The van der Waals surface area contributed by atoms with Crippen molar-refractivity contribution in [3.05, 3.63) is 36.3 Å². The highest BCUT2D eigenvalue weighted by Gasteiger charge is 2.27. The third kappa shape index (κ3) is 6.25. The third-order valence-corrected chi connectivity index (χ3v) is 7.61. The predicted octanol–water partition coefficient (Wildman–Crippen LogP) is 4.33. The minimum Gasteiger partial charge on any atom is -0.492 e. The van der Waals surface area contributed by atoms with E-state index in [-0.39, 0.29) is 22.6 Å². The normalized spacial score (nSPS) is 14.9. The zero-order chi connectivity index (χ0) is 27.7.